The number of rotatable bonds is 3. The summed E-state index contributed by atoms with van der Waals surface area (Å²) in [6.45, 7) is 2.19. The molecule has 0 spiro atoms. The summed E-state index contributed by atoms with van der Waals surface area (Å²) in [5, 5.41) is 0. The normalized spacial score (nSPS) is 24.5. The largest absolute Gasteiger partial charge is 0.303 e. The number of allylic oxidation sites excluding steroid dienone is 2. The van der Waals surface area contributed by atoms with Crippen molar-refractivity contribution in [3.63, 3.8) is 0 Å². The Morgan fingerprint density at radius 3 is 3.18 bits per heavy atom. The van der Waals surface area contributed by atoms with Gasteiger partial charge in [-0.05, 0) is 25.7 Å². The average molecular weight is 152 g/mol. The molecule has 0 fully saturated rings. The lowest BCUT2D eigenvalue weighted by Crippen LogP contribution is -2.07. The van der Waals surface area contributed by atoms with Crippen LogP contribution < -0.4 is 0 Å². The second-order valence-electron chi connectivity index (χ2n) is 3.29. The topological polar surface area (TPSA) is 17.1 Å². The molecule has 1 rings (SSSR count). The number of hydrogen-bond donors (Lipinski definition) is 0. The van der Waals surface area contributed by atoms with Gasteiger partial charge in [0.25, 0.3) is 0 Å². The Hall–Kier alpha value is -0.590. The Balaban J connectivity index is 2.41. The van der Waals surface area contributed by atoms with Gasteiger partial charge >= 0.3 is 0 Å². The van der Waals surface area contributed by atoms with Crippen molar-refractivity contribution in [1.29, 1.82) is 0 Å². The van der Waals surface area contributed by atoms with Crippen LogP contribution >= 0.6 is 0 Å². The second kappa shape index (κ2) is 4.32. The van der Waals surface area contributed by atoms with E-state index in [1.54, 1.807) is 0 Å². The van der Waals surface area contributed by atoms with Crippen LogP contribution in [0.15, 0.2) is 11.6 Å². The van der Waals surface area contributed by atoms with Gasteiger partial charge in [-0.3, -0.25) is 0 Å². The summed E-state index contributed by atoms with van der Waals surface area (Å²) in [4.78, 5) is 10.5. The summed E-state index contributed by atoms with van der Waals surface area (Å²) >= 11 is 0. The smallest absolute Gasteiger partial charge is 0.123 e. The van der Waals surface area contributed by atoms with E-state index in [-0.39, 0.29) is 0 Å². The van der Waals surface area contributed by atoms with E-state index in [1.807, 2.05) is 0 Å². The molecule has 1 nitrogen and oxygen atoms in total. The van der Waals surface area contributed by atoms with Crippen molar-refractivity contribution in [2.75, 3.05) is 0 Å². The van der Waals surface area contributed by atoms with Crippen molar-refractivity contribution in [1.82, 2.24) is 0 Å². The quantitative estimate of drug-likeness (QED) is 0.449. The molecule has 0 aromatic carbocycles. The van der Waals surface area contributed by atoms with Crippen LogP contribution in [-0.4, -0.2) is 6.29 Å². The summed E-state index contributed by atoms with van der Waals surface area (Å²) in [5.74, 6) is 0.321. The van der Waals surface area contributed by atoms with Crippen LogP contribution in [0.5, 0.6) is 0 Å². The van der Waals surface area contributed by atoms with Gasteiger partial charge in [0.1, 0.15) is 6.29 Å². The summed E-state index contributed by atoms with van der Waals surface area (Å²) < 4.78 is 0. The predicted molar refractivity (Wildman–Crippen MR) is 46.4 cm³/mol. The number of aldehydes is 1. The monoisotopic (exact) mass is 152 g/mol. The van der Waals surface area contributed by atoms with E-state index in [0.717, 1.165) is 25.5 Å². The molecule has 1 atom stereocenters. The molecule has 0 bridgehead atoms. The summed E-state index contributed by atoms with van der Waals surface area (Å²) in [6, 6.07) is 0. The Bertz CT molecular complexity index is 158. The van der Waals surface area contributed by atoms with Gasteiger partial charge in [-0.25, -0.2) is 0 Å². The molecule has 0 aromatic rings. The molecule has 0 radical (unpaired) electrons. The summed E-state index contributed by atoms with van der Waals surface area (Å²) in [5.41, 5.74) is 1.50. The van der Waals surface area contributed by atoms with Crippen LogP contribution in [0.1, 0.15) is 39.0 Å². The standard InChI is InChI=1S/C10H16O/c1-2-4-9-5-3-6-10(7-9)8-11/h5,8,10H,2-4,6-7H2,1H3. The Kier molecular flexibility index (Phi) is 3.34. The molecule has 1 unspecified atom stereocenters. The van der Waals surface area contributed by atoms with Crippen molar-refractivity contribution in [2.24, 2.45) is 5.92 Å². The Morgan fingerprint density at radius 2 is 2.55 bits per heavy atom. The molecule has 0 aliphatic heterocycles. The molecule has 0 aromatic heterocycles. The van der Waals surface area contributed by atoms with Crippen LogP contribution in [0.4, 0.5) is 0 Å². The fourth-order valence-corrected chi connectivity index (χ4v) is 1.67. The van der Waals surface area contributed by atoms with Gasteiger partial charge in [-0.15, -0.1) is 0 Å². The van der Waals surface area contributed by atoms with E-state index in [0.29, 0.717) is 5.92 Å². The summed E-state index contributed by atoms with van der Waals surface area (Å²) in [6.07, 6.45) is 9.01. The van der Waals surface area contributed by atoms with Gasteiger partial charge in [0, 0.05) is 5.92 Å². The van der Waals surface area contributed by atoms with Gasteiger partial charge in [0.05, 0.1) is 0 Å². The SMILES string of the molecule is CCCC1=CCCC(C=O)C1. The lowest BCUT2D eigenvalue weighted by molar-refractivity contribution is -0.111. The molecule has 0 saturated carbocycles. The highest BCUT2D eigenvalue weighted by Crippen LogP contribution is 2.25. The van der Waals surface area contributed by atoms with Crippen molar-refractivity contribution in [2.45, 2.75) is 39.0 Å². The highest BCUT2D eigenvalue weighted by Gasteiger charge is 2.13. The van der Waals surface area contributed by atoms with Crippen LogP contribution in [0.25, 0.3) is 0 Å². The zero-order valence-electron chi connectivity index (χ0n) is 7.18. The fourth-order valence-electron chi connectivity index (χ4n) is 1.67. The molecule has 0 amide bonds. The van der Waals surface area contributed by atoms with Gasteiger partial charge < -0.3 is 4.79 Å². The third-order valence-electron chi connectivity index (χ3n) is 2.26. The molecule has 0 saturated heterocycles. The van der Waals surface area contributed by atoms with E-state index in [2.05, 4.69) is 13.0 Å². The maximum Gasteiger partial charge on any atom is 0.123 e. The van der Waals surface area contributed by atoms with E-state index < -0.39 is 0 Å². The Morgan fingerprint density at radius 1 is 1.73 bits per heavy atom. The fraction of sp³-hybridized carbons (Fsp3) is 0.700. The Labute approximate surface area is 68.5 Å². The number of hydrogen-bond acceptors (Lipinski definition) is 1. The zero-order valence-corrected chi connectivity index (χ0v) is 7.18. The minimum absolute atomic E-state index is 0.321. The molecule has 1 aliphatic rings. The molecule has 1 heteroatoms. The molecular formula is C10H16O. The van der Waals surface area contributed by atoms with Crippen LogP contribution in [0.3, 0.4) is 0 Å². The van der Waals surface area contributed by atoms with Gasteiger partial charge in [-0.2, -0.15) is 0 Å². The van der Waals surface area contributed by atoms with Gasteiger partial charge in [-0.1, -0.05) is 25.0 Å². The highest BCUT2D eigenvalue weighted by molar-refractivity contribution is 5.54. The van der Waals surface area contributed by atoms with Gasteiger partial charge in [0.15, 0.2) is 0 Å². The minimum atomic E-state index is 0.321. The van der Waals surface area contributed by atoms with E-state index in [1.165, 1.54) is 18.4 Å². The third kappa shape index (κ3) is 2.49. The maximum atomic E-state index is 10.5. The number of carbonyl (C=O) groups excluding carboxylic acids is 1. The predicted octanol–water partition coefficient (Wildman–Crippen LogP) is 2.71. The van der Waals surface area contributed by atoms with Crippen molar-refractivity contribution < 1.29 is 4.79 Å². The molecule has 1 aliphatic carbocycles. The van der Waals surface area contributed by atoms with E-state index >= 15 is 0 Å². The van der Waals surface area contributed by atoms with Crippen LogP contribution in [-0.2, 0) is 4.79 Å². The van der Waals surface area contributed by atoms with E-state index in [4.69, 9.17) is 0 Å². The lowest BCUT2D eigenvalue weighted by Gasteiger charge is -2.17. The zero-order chi connectivity index (χ0) is 8.10. The molecule has 0 N–H and O–H groups in total. The van der Waals surface area contributed by atoms with Crippen molar-refractivity contribution >= 4 is 6.29 Å². The van der Waals surface area contributed by atoms with Crippen LogP contribution in [0, 0.1) is 5.92 Å². The summed E-state index contributed by atoms with van der Waals surface area (Å²) in [7, 11) is 0. The molecule has 11 heavy (non-hydrogen) atoms. The van der Waals surface area contributed by atoms with Crippen molar-refractivity contribution in [3.8, 4) is 0 Å². The average Bonchev–Trinajstić information content (AvgIpc) is 2.06. The maximum absolute atomic E-state index is 10.5. The highest BCUT2D eigenvalue weighted by atomic mass is 16.1. The second-order valence-corrected chi connectivity index (χ2v) is 3.29. The van der Waals surface area contributed by atoms with Crippen LogP contribution in [0.2, 0.25) is 0 Å². The lowest BCUT2D eigenvalue weighted by atomic mass is 9.88. The molecule has 0 heterocycles. The molecule has 62 valence electrons. The first-order valence-corrected chi connectivity index (χ1v) is 4.50. The van der Waals surface area contributed by atoms with E-state index in [9.17, 15) is 4.79 Å². The number of carbonyl (C=O) groups is 1. The third-order valence-corrected chi connectivity index (χ3v) is 2.26. The first-order chi connectivity index (χ1) is 5.36. The van der Waals surface area contributed by atoms with Gasteiger partial charge in [0.2, 0.25) is 0 Å². The first kappa shape index (κ1) is 8.51. The minimum Gasteiger partial charge on any atom is -0.303 e. The molecular weight excluding hydrogens is 136 g/mol. The van der Waals surface area contributed by atoms with Crippen molar-refractivity contribution in [3.05, 3.63) is 11.6 Å². The first-order valence-electron chi connectivity index (χ1n) is 4.50.